The number of carbonyl (C=O) groups is 2. The van der Waals surface area contributed by atoms with Crippen molar-refractivity contribution in [1.29, 1.82) is 0 Å². The Balaban J connectivity index is 1.80. The Labute approximate surface area is 185 Å². The third-order valence-corrected chi connectivity index (χ3v) is 9.72. The Kier molecular flexibility index (Phi) is 5.78. The monoisotopic (exact) mass is 434 g/mol. The molecule has 0 aromatic rings. The lowest BCUT2D eigenvalue weighted by Crippen LogP contribution is -2.64. The zero-order valence-electron chi connectivity index (χ0n) is 19.5. The summed E-state index contributed by atoms with van der Waals surface area (Å²) in [6.07, 6.45) is 4.73. The molecule has 0 radical (unpaired) electrons. The van der Waals surface area contributed by atoms with E-state index in [-0.39, 0.29) is 53.4 Å². The molecule has 3 fully saturated rings. The summed E-state index contributed by atoms with van der Waals surface area (Å²) in [6.45, 7) is 7.94. The normalized spacial score (nSPS) is 49.1. The predicted octanol–water partition coefficient (Wildman–Crippen LogP) is 2.90. The molecule has 31 heavy (non-hydrogen) atoms. The summed E-state index contributed by atoms with van der Waals surface area (Å²) in [5, 5.41) is 21.5. The number of aliphatic hydroxyl groups is 2. The van der Waals surface area contributed by atoms with E-state index in [1.807, 2.05) is 13.0 Å². The number of hydrogen-bond donors (Lipinski definition) is 2. The molecule has 0 aliphatic heterocycles. The zero-order chi connectivity index (χ0) is 22.8. The lowest BCUT2D eigenvalue weighted by molar-refractivity contribution is -0.224. The number of fused-ring (bicyclic) bond motifs is 5. The van der Waals surface area contributed by atoms with E-state index in [4.69, 9.17) is 9.47 Å². The quantitative estimate of drug-likeness (QED) is 0.647. The highest BCUT2D eigenvalue weighted by Crippen LogP contribution is 2.70. The van der Waals surface area contributed by atoms with Gasteiger partial charge in [-0.25, -0.2) is 0 Å². The SMILES string of the molecule is COCO[C@]1(C(=O)CO)C(C)C[C@H]2[C@@H]3CC(C)C4=CC(=O)CC[C@]4(C)[C@H]3C(O)C[C@@]21C. The van der Waals surface area contributed by atoms with E-state index in [1.54, 1.807) is 0 Å². The molecule has 2 N–H and O–H groups in total. The van der Waals surface area contributed by atoms with Gasteiger partial charge in [-0.3, -0.25) is 9.59 Å². The summed E-state index contributed by atoms with van der Waals surface area (Å²) in [4.78, 5) is 25.4. The molecule has 6 heteroatoms. The first-order valence-electron chi connectivity index (χ1n) is 11.8. The van der Waals surface area contributed by atoms with Gasteiger partial charge in [-0.1, -0.05) is 33.3 Å². The second-order valence-electron chi connectivity index (χ2n) is 11.1. The topological polar surface area (TPSA) is 93.1 Å². The highest BCUT2D eigenvalue weighted by Gasteiger charge is 2.72. The van der Waals surface area contributed by atoms with Crippen LogP contribution in [0.5, 0.6) is 0 Å². The Morgan fingerprint density at radius 1 is 1.26 bits per heavy atom. The maximum atomic E-state index is 13.2. The summed E-state index contributed by atoms with van der Waals surface area (Å²) >= 11 is 0. The molecule has 9 atom stereocenters. The third-order valence-electron chi connectivity index (χ3n) is 9.72. The highest BCUT2D eigenvalue weighted by atomic mass is 16.7. The van der Waals surface area contributed by atoms with Gasteiger partial charge in [-0.2, -0.15) is 0 Å². The molecule has 174 valence electrons. The van der Waals surface area contributed by atoms with Gasteiger partial charge in [0.1, 0.15) is 19.0 Å². The van der Waals surface area contributed by atoms with Gasteiger partial charge >= 0.3 is 0 Å². The zero-order valence-corrected chi connectivity index (χ0v) is 19.5. The van der Waals surface area contributed by atoms with Crippen LogP contribution in [0.4, 0.5) is 0 Å². The summed E-state index contributed by atoms with van der Waals surface area (Å²) in [6, 6.07) is 0. The second kappa shape index (κ2) is 7.75. The number of hydrogen-bond acceptors (Lipinski definition) is 6. The van der Waals surface area contributed by atoms with E-state index in [2.05, 4.69) is 20.8 Å². The van der Waals surface area contributed by atoms with Gasteiger partial charge in [-0.15, -0.1) is 0 Å². The molecule has 0 bridgehead atoms. The average Bonchev–Trinajstić information content (AvgIpc) is 2.94. The van der Waals surface area contributed by atoms with E-state index in [9.17, 15) is 19.8 Å². The Bertz CT molecular complexity index is 791. The molecule has 3 unspecified atom stereocenters. The van der Waals surface area contributed by atoms with Crippen LogP contribution in [0.25, 0.3) is 0 Å². The highest BCUT2D eigenvalue weighted by molar-refractivity contribution is 5.92. The largest absolute Gasteiger partial charge is 0.393 e. The van der Waals surface area contributed by atoms with Gasteiger partial charge in [0.05, 0.1) is 6.10 Å². The molecule has 0 aromatic carbocycles. The molecular formula is C25H38O6. The molecular weight excluding hydrogens is 396 g/mol. The van der Waals surface area contributed by atoms with Gasteiger partial charge in [0.15, 0.2) is 11.6 Å². The molecule has 0 saturated heterocycles. The van der Waals surface area contributed by atoms with Crippen LogP contribution >= 0.6 is 0 Å². The molecule has 4 aliphatic rings. The number of allylic oxidation sites excluding steroid dienone is 1. The van der Waals surface area contributed by atoms with Crippen LogP contribution in [0, 0.1) is 40.4 Å². The van der Waals surface area contributed by atoms with Crippen molar-refractivity contribution in [1.82, 2.24) is 0 Å². The molecule has 0 amide bonds. The minimum Gasteiger partial charge on any atom is -0.393 e. The number of Topliss-reactive ketones (excluding diaryl/α,β-unsaturated/α-hetero) is 1. The number of aliphatic hydroxyl groups excluding tert-OH is 2. The maximum Gasteiger partial charge on any atom is 0.190 e. The van der Waals surface area contributed by atoms with Crippen LogP contribution < -0.4 is 0 Å². The van der Waals surface area contributed by atoms with Crippen molar-refractivity contribution in [3.05, 3.63) is 11.6 Å². The van der Waals surface area contributed by atoms with Crippen molar-refractivity contribution in [2.75, 3.05) is 20.5 Å². The van der Waals surface area contributed by atoms with Crippen molar-refractivity contribution in [3.8, 4) is 0 Å². The van der Waals surface area contributed by atoms with Gasteiger partial charge < -0.3 is 19.7 Å². The first-order chi connectivity index (χ1) is 14.6. The summed E-state index contributed by atoms with van der Waals surface area (Å²) in [5.41, 5.74) is -0.753. The molecule has 0 heterocycles. The van der Waals surface area contributed by atoms with Gasteiger partial charge in [-0.05, 0) is 66.8 Å². The second-order valence-corrected chi connectivity index (χ2v) is 11.1. The number of rotatable bonds is 5. The van der Waals surface area contributed by atoms with Crippen LogP contribution in [0.1, 0.15) is 59.8 Å². The molecule has 3 saturated carbocycles. The predicted molar refractivity (Wildman–Crippen MR) is 115 cm³/mol. The van der Waals surface area contributed by atoms with E-state index < -0.39 is 23.7 Å². The number of ether oxygens (including phenoxy) is 2. The smallest absolute Gasteiger partial charge is 0.190 e. The fraction of sp³-hybridized carbons (Fsp3) is 0.840. The lowest BCUT2D eigenvalue weighted by atomic mass is 9.44. The van der Waals surface area contributed by atoms with E-state index in [0.29, 0.717) is 12.8 Å². The van der Waals surface area contributed by atoms with Crippen LogP contribution in [-0.4, -0.2) is 54.0 Å². The Morgan fingerprint density at radius 2 is 1.97 bits per heavy atom. The van der Waals surface area contributed by atoms with Crippen LogP contribution in [0.2, 0.25) is 0 Å². The molecule has 4 aliphatic carbocycles. The van der Waals surface area contributed by atoms with Crippen molar-refractivity contribution in [2.24, 2.45) is 40.4 Å². The van der Waals surface area contributed by atoms with Crippen molar-refractivity contribution in [3.63, 3.8) is 0 Å². The molecule has 0 spiro atoms. The van der Waals surface area contributed by atoms with Crippen molar-refractivity contribution in [2.45, 2.75) is 71.5 Å². The van der Waals surface area contributed by atoms with Crippen molar-refractivity contribution < 1.29 is 29.3 Å². The fourth-order valence-electron chi connectivity index (χ4n) is 8.69. The van der Waals surface area contributed by atoms with E-state index >= 15 is 0 Å². The fourth-order valence-corrected chi connectivity index (χ4v) is 8.69. The van der Waals surface area contributed by atoms with E-state index in [1.165, 1.54) is 12.7 Å². The standard InChI is InChI=1S/C25H38O6/c1-14-8-17-19-9-15(2)25(21(29)12-26,31-13-30-5)24(19,4)11-20(28)22(17)23(3)7-6-16(27)10-18(14)23/h10,14-15,17,19-20,22,26,28H,6-9,11-13H2,1-5H3/t14?,15?,17-,19-,20?,22+,23-,24-,25-/m0/s1. The van der Waals surface area contributed by atoms with Crippen LogP contribution in [0.3, 0.4) is 0 Å². The maximum absolute atomic E-state index is 13.2. The number of carbonyl (C=O) groups excluding carboxylic acids is 2. The average molecular weight is 435 g/mol. The van der Waals surface area contributed by atoms with Gasteiger partial charge in [0, 0.05) is 18.9 Å². The minimum atomic E-state index is -1.17. The Morgan fingerprint density at radius 3 is 2.61 bits per heavy atom. The molecule has 0 aromatic heterocycles. The minimum absolute atomic E-state index is 0.0221. The lowest BCUT2D eigenvalue weighted by Gasteiger charge is -2.62. The molecule has 6 nitrogen and oxygen atoms in total. The summed E-state index contributed by atoms with van der Waals surface area (Å²) < 4.78 is 11.4. The van der Waals surface area contributed by atoms with E-state index in [0.717, 1.165) is 19.3 Å². The summed E-state index contributed by atoms with van der Waals surface area (Å²) in [7, 11) is 1.53. The molecule has 4 rings (SSSR count). The third kappa shape index (κ3) is 2.98. The van der Waals surface area contributed by atoms with Crippen molar-refractivity contribution >= 4 is 11.6 Å². The summed E-state index contributed by atoms with van der Waals surface area (Å²) in [5.74, 6) is 0.563. The first-order valence-corrected chi connectivity index (χ1v) is 11.8. The number of methoxy groups -OCH3 is 1. The van der Waals surface area contributed by atoms with Gasteiger partial charge in [0.2, 0.25) is 0 Å². The Hall–Kier alpha value is -1.08. The van der Waals surface area contributed by atoms with Crippen LogP contribution in [0.15, 0.2) is 11.6 Å². The van der Waals surface area contributed by atoms with Gasteiger partial charge in [0.25, 0.3) is 0 Å². The number of ketones is 2. The van der Waals surface area contributed by atoms with Crippen LogP contribution in [-0.2, 0) is 19.1 Å². The first kappa shape index (κ1) is 23.1.